The molecule has 0 atom stereocenters. The molecule has 0 saturated carbocycles. The maximum atomic E-state index is 7.11. The van der Waals surface area contributed by atoms with Gasteiger partial charge in [-0.25, -0.2) is 0 Å². The van der Waals surface area contributed by atoms with Crippen LogP contribution in [0.15, 0.2) is 209 Å². The molecule has 5 nitrogen and oxygen atoms in total. The third-order valence-electron chi connectivity index (χ3n) is 14.9. The zero-order valence-corrected chi connectivity index (χ0v) is 37.4. The summed E-state index contributed by atoms with van der Waals surface area (Å²) in [6, 6.07) is 73.4. The van der Waals surface area contributed by atoms with E-state index in [9.17, 15) is 0 Å². The molecular formula is C62H42BN3O2. The molecular weight excluding hydrogens is 830 g/mol. The second kappa shape index (κ2) is 14.3. The lowest BCUT2D eigenvalue weighted by atomic mass is 9.45. The fourth-order valence-corrected chi connectivity index (χ4v) is 12.0. The quantitative estimate of drug-likeness (QED) is 0.150. The van der Waals surface area contributed by atoms with E-state index in [1.54, 1.807) is 0 Å². The molecule has 320 valence electrons. The second-order valence-corrected chi connectivity index (χ2v) is 18.6. The molecule has 2 aliphatic heterocycles. The van der Waals surface area contributed by atoms with Crippen LogP contribution < -0.4 is 20.7 Å². The lowest BCUT2D eigenvalue weighted by molar-refractivity contribution is 0.669. The Kier molecular flexibility index (Phi) is 7.91. The van der Waals surface area contributed by atoms with Crippen LogP contribution in [-0.2, 0) is 6.42 Å². The number of para-hydroxylation sites is 5. The zero-order chi connectivity index (χ0) is 44.6. The van der Waals surface area contributed by atoms with E-state index >= 15 is 0 Å². The third kappa shape index (κ3) is 5.17. The number of anilines is 6. The van der Waals surface area contributed by atoms with Gasteiger partial charge < -0.3 is 23.1 Å². The van der Waals surface area contributed by atoms with Gasteiger partial charge in [0.1, 0.15) is 16.7 Å². The third-order valence-corrected chi connectivity index (χ3v) is 14.9. The van der Waals surface area contributed by atoms with Gasteiger partial charge in [0.05, 0.1) is 5.69 Å². The van der Waals surface area contributed by atoms with Gasteiger partial charge in [-0.15, -0.1) is 0 Å². The van der Waals surface area contributed by atoms with Gasteiger partial charge >= 0.3 is 6.85 Å². The summed E-state index contributed by atoms with van der Waals surface area (Å²) in [5.41, 5.74) is 18.6. The largest absolute Gasteiger partial charge is 0.455 e. The fourth-order valence-electron chi connectivity index (χ4n) is 12.0. The summed E-state index contributed by atoms with van der Waals surface area (Å²) in [4.78, 5) is 4.91. The molecule has 3 aromatic heterocycles. The number of fused-ring (bicyclic) bond motifs is 16. The predicted octanol–water partition coefficient (Wildman–Crippen LogP) is 16.0. The number of unbranched alkanes of at least 4 members (excludes halogenated alkanes) is 1. The SMILES string of the molecule is CCCCc1ccc(N(c2ccccc2)c2ccc3c(c2)B2c4c(cc5c(oc6ccccc65)c4-c4cccc5c6c7ccccc7ccc6n2c45)N3c2cccc3c2oc2ccccc23)cc1. The number of rotatable bonds is 7. The fraction of sp³-hybridized carbons (Fsp3) is 0.0645. The lowest BCUT2D eigenvalue weighted by Crippen LogP contribution is -2.56. The maximum absolute atomic E-state index is 7.11. The Morgan fingerprint density at radius 2 is 1.18 bits per heavy atom. The van der Waals surface area contributed by atoms with Crippen LogP contribution in [0.3, 0.4) is 0 Å². The summed E-state index contributed by atoms with van der Waals surface area (Å²) in [6.45, 7) is 2.04. The van der Waals surface area contributed by atoms with E-state index in [0.717, 1.165) is 90.0 Å². The van der Waals surface area contributed by atoms with Gasteiger partial charge in [-0.2, -0.15) is 0 Å². The van der Waals surface area contributed by atoms with E-state index < -0.39 is 0 Å². The minimum Gasteiger partial charge on any atom is -0.455 e. The van der Waals surface area contributed by atoms with Crippen molar-refractivity contribution >= 4 is 128 Å². The van der Waals surface area contributed by atoms with Crippen molar-refractivity contribution in [3.05, 3.63) is 206 Å². The number of aryl methyl sites for hydroxylation is 1. The highest BCUT2D eigenvalue weighted by Crippen LogP contribution is 2.52. The van der Waals surface area contributed by atoms with Gasteiger partial charge in [-0.05, 0) is 113 Å². The second-order valence-electron chi connectivity index (χ2n) is 18.6. The average molecular weight is 872 g/mol. The first kappa shape index (κ1) is 37.7. The molecule has 0 unspecified atom stereocenters. The molecule has 6 heteroatoms. The molecule has 0 aliphatic carbocycles. The Morgan fingerprint density at radius 3 is 2.00 bits per heavy atom. The first-order valence-electron chi connectivity index (χ1n) is 23.9. The molecule has 0 bridgehead atoms. The van der Waals surface area contributed by atoms with E-state index in [2.05, 4.69) is 221 Å². The first-order valence-corrected chi connectivity index (χ1v) is 23.9. The Balaban J connectivity index is 1.09. The highest BCUT2D eigenvalue weighted by Gasteiger charge is 2.45. The summed E-state index contributed by atoms with van der Waals surface area (Å²) in [5, 5.41) is 9.41. The summed E-state index contributed by atoms with van der Waals surface area (Å²) in [7, 11) is 0. The molecule has 0 spiro atoms. The van der Waals surface area contributed by atoms with Gasteiger partial charge in [0.2, 0.25) is 0 Å². The molecule has 5 heterocycles. The van der Waals surface area contributed by atoms with Gasteiger partial charge in [0, 0.05) is 82.9 Å². The van der Waals surface area contributed by atoms with Crippen molar-refractivity contribution in [2.45, 2.75) is 26.2 Å². The maximum Gasteiger partial charge on any atom is 0.333 e. The minimum absolute atomic E-state index is 0.219. The number of nitrogens with zero attached hydrogens (tertiary/aromatic N) is 3. The van der Waals surface area contributed by atoms with Gasteiger partial charge in [0.25, 0.3) is 0 Å². The summed E-state index contributed by atoms with van der Waals surface area (Å²) in [6.07, 6.45) is 3.43. The number of aromatic nitrogens is 1. The van der Waals surface area contributed by atoms with E-state index in [0.29, 0.717) is 0 Å². The monoisotopic (exact) mass is 871 g/mol. The molecule has 2 aliphatic rings. The number of hydrogen-bond donors (Lipinski definition) is 0. The van der Waals surface area contributed by atoms with E-state index in [1.807, 2.05) is 0 Å². The van der Waals surface area contributed by atoms with Crippen LogP contribution in [0, 0.1) is 0 Å². The molecule has 13 aromatic rings. The minimum atomic E-state index is -0.219. The van der Waals surface area contributed by atoms with Crippen LogP contribution in [0.5, 0.6) is 0 Å². The van der Waals surface area contributed by atoms with Crippen LogP contribution in [0.1, 0.15) is 25.3 Å². The van der Waals surface area contributed by atoms with Gasteiger partial charge in [-0.1, -0.05) is 141 Å². The summed E-state index contributed by atoms with van der Waals surface area (Å²) >= 11 is 0. The van der Waals surface area contributed by atoms with Gasteiger partial charge in [-0.3, -0.25) is 0 Å². The predicted molar refractivity (Wildman–Crippen MR) is 285 cm³/mol. The zero-order valence-electron chi connectivity index (χ0n) is 37.4. The lowest BCUT2D eigenvalue weighted by Gasteiger charge is -2.41. The van der Waals surface area contributed by atoms with Crippen molar-refractivity contribution in [2.75, 3.05) is 9.80 Å². The standard InChI is InChI=1S/C62H42BN3O2/c1-2-3-15-38-28-31-41(32-29-38)64(40-17-5-4-6-18-40)42-33-35-51-50(36-42)63-59-54(65(51)53-25-14-22-46-44-20-9-11-26-55(44)67-61(46)53)37-49-45-21-10-12-27-56(45)68-62(49)58(59)48-24-13-23-47-57-43-19-8-7-16-39(43)30-34-52(57)66(63)60(47)48/h4-14,16-37H,2-3,15H2,1H3. The topological polar surface area (TPSA) is 37.7 Å². The number of hydrogen-bond acceptors (Lipinski definition) is 4. The average Bonchev–Trinajstić information content (AvgIpc) is 4.08. The Labute approximate surface area is 392 Å². The normalized spacial score (nSPS) is 12.9. The summed E-state index contributed by atoms with van der Waals surface area (Å²) < 4.78 is 16.7. The Bertz CT molecular complexity index is 4220. The van der Waals surface area contributed by atoms with Crippen molar-refractivity contribution in [2.24, 2.45) is 0 Å². The van der Waals surface area contributed by atoms with Crippen molar-refractivity contribution in [1.29, 1.82) is 0 Å². The van der Waals surface area contributed by atoms with Crippen LogP contribution in [0.2, 0.25) is 0 Å². The van der Waals surface area contributed by atoms with Crippen LogP contribution in [0.25, 0.3) is 87.6 Å². The molecule has 10 aromatic carbocycles. The highest BCUT2D eigenvalue weighted by atomic mass is 16.3. The Morgan fingerprint density at radius 1 is 0.500 bits per heavy atom. The molecule has 0 amide bonds. The molecule has 0 N–H and O–H groups in total. The number of benzene rings is 10. The molecule has 68 heavy (non-hydrogen) atoms. The van der Waals surface area contributed by atoms with Crippen LogP contribution in [0.4, 0.5) is 34.1 Å². The van der Waals surface area contributed by atoms with E-state index in [-0.39, 0.29) is 6.85 Å². The Hall–Kier alpha value is -8.48. The molecule has 0 radical (unpaired) electrons. The highest BCUT2D eigenvalue weighted by molar-refractivity contribution is 6.90. The van der Waals surface area contributed by atoms with Crippen molar-refractivity contribution < 1.29 is 8.83 Å². The van der Waals surface area contributed by atoms with Gasteiger partial charge in [0.15, 0.2) is 5.58 Å². The van der Waals surface area contributed by atoms with E-state index in [4.69, 9.17) is 8.83 Å². The first-order chi connectivity index (χ1) is 33.7. The summed E-state index contributed by atoms with van der Waals surface area (Å²) in [5.74, 6) is 0. The molecule has 15 rings (SSSR count). The molecule has 0 fully saturated rings. The van der Waals surface area contributed by atoms with Crippen LogP contribution >= 0.6 is 0 Å². The van der Waals surface area contributed by atoms with Crippen molar-refractivity contribution in [1.82, 2.24) is 4.48 Å². The van der Waals surface area contributed by atoms with Crippen molar-refractivity contribution in [3.8, 4) is 11.1 Å². The van der Waals surface area contributed by atoms with Crippen LogP contribution in [-0.4, -0.2) is 11.3 Å². The smallest absolute Gasteiger partial charge is 0.333 e. The molecule has 0 saturated heterocycles. The van der Waals surface area contributed by atoms with Crippen molar-refractivity contribution in [3.63, 3.8) is 0 Å². The van der Waals surface area contributed by atoms with E-state index in [1.165, 1.54) is 67.5 Å². The number of furan rings is 2.